The number of benzene rings is 3. The van der Waals surface area contributed by atoms with Crippen molar-refractivity contribution < 1.29 is 28.9 Å². The molecule has 0 radical (unpaired) electrons. The molecule has 35 heavy (non-hydrogen) atoms. The van der Waals surface area contributed by atoms with E-state index in [1.165, 1.54) is 21.3 Å². The number of methoxy groups -OCH3 is 3. The van der Waals surface area contributed by atoms with Crippen LogP contribution < -0.4 is 25.3 Å². The van der Waals surface area contributed by atoms with Gasteiger partial charge in [0, 0.05) is 28.6 Å². The largest absolute Gasteiger partial charge is 0.493 e. The summed E-state index contributed by atoms with van der Waals surface area (Å²) >= 11 is 0. The first-order valence-electron chi connectivity index (χ1n) is 11.0. The number of nitrogen functional groups attached to an aromatic ring is 1. The molecule has 9 nitrogen and oxygen atoms in total. The molecule has 0 unspecified atom stereocenters. The Morgan fingerprint density at radius 3 is 2.37 bits per heavy atom. The van der Waals surface area contributed by atoms with E-state index in [9.17, 15) is 9.59 Å². The van der Waals surface area contributed by atoms with Gasteiger partial charge in [-0.05, 0) is 42.0 Å². The van der Waals surface area contributed by atoms with E-state index in [0.717, 1.165) is 16.3 Å². The number of amides is 1. The van der Waals surface area contributed by atoms with E-state index in [-0.39, 0.29) is 12.3 Å². The third-order valence-corrected chi connectivity index (χ3v) is 5.92. The third-order valence-electron chi connectivity index (χ3n) is 5.92. The fraction of sp³-hybridized carbons (Fsp3) is 0.231. The van der Waals surface area contributed by atoms with Crippen molar-refractivity contribution in [2.75, 3.05) is 32.4 Å². The number of aryl methyl sites for hydroxylation is 1. The number of nitrogens with one attached hydrogen (secondary N) is 2. The van der Waals surface area contributed by atoms with Crippen molar-refractivity contribution in [3.05, 3.63) is 53.7 Å². The number of H-pyrrole nitrogens is 1. The molecule has 182 valence electrons. The van der Waals surface area contributed by atoms with E-state index >= 15 is 0 Å². The molecule has 1 aromatic heterocycles. The fourth-order valence-corrected chi connectivity index (χ4v) is 4.32. The van der Waals surface area contributed by atoms with Gasteiger partial charge in [-0.25, -0.2) is 0 Å². The number of ether oxygens (including phenoxy) is 3. The predicted octanol–water partition coefficient (Wildman–Crippen LogP) is 4.59. The van der Waals surface area contributed by atoms with E-state index in [4.69, 9.17) is 25.1 Å². The van der Waals surface area contributed by atoms with E-state index in [1.807, 2.05) is 24.3 Å². The van der Waals surface area contributed by atoms with Gasteiger partial charge in [0.15, 0.2) is 11.5 Å². The van der Waals surface area contributed by atoms with Crippen LogP contribution in [0.15, 0.2) is 42.5 Å². The summed E-state index contributed by atoms with van der Waals surface area (Å²) in [4.78, 5) is 27.5. The molecule has 0 bridgehead atoms. The summed E-state index contributed by atoms with van der Waals surface area (Å²) in [5, 5.41) is 14.5. The summed E-state index contributed by atoms with van der Waals surface area (Å²) in [5.74, 6) is 0.0685. The minimum Gasteiger partial charge on any atom is -0.493 e. The van der Waals surface area contributed by atoms with E-state index in [2.05, 4.69) is 10.3 Å². The Bertz CT molecular complexity index is 1430. The van der Waals surface area contributed by atoms with Gasteiger partial charge in [0.1, 0.15) is 5.69 Å². The summed E-state index contributed by atoms with van der Waals surface area (Å²) in [6.45, 7) is 0. The Morgan fingerprint density at radius 1 is 1.00 bits per heavy atom. The van der Waals surface area contributed by atoms with Crippen molar-refractivity contribution in [1.82, 2.24) is 4.98 Å². The van der Waals surface area contributed by atoms with Crippen LogP contribution in [0.2, 0.25) is 0 Å². The summed E-state index contributed by atoms with van der Waals surface area (Å²) in [6, 6.07) is 12.8. The van der Waals surface area contributed by atoms with Gasteiger partial charge in [-0.2, -0.15) is 0 Å². The minimum absolute atomic E-state index is 0.0254. The number of aliphatic carboxylic acids is 1. The lowest BCUT2D eigenvalue weighted by Gasteiger charge is -2.16. The molecule has 0 spiro atoms. The lowest BCUT2D eigenvalue weighted by molar-refractivity contribution is -0.137. The summed E-state index contributed by atoms with van der Waals surface area (Å²) in [6.07, 6.45) is 0.921. The van der Waals surface area contributed by atoms with Gasteiger partial charge in [-0.1, -0.05) is 24.3 Å². The molecule has 0 aliphatic carbocycles. The molecular formula is C26H27N3O6. The number of anilines is 2. The topological polar surface area (TPSA) is 136 Å². The first-order chi connectivity index (χ1) is 16.9. The standard InChI is InChI=1S/C26H27N3O6/c1-33-21-12-14-11-20(28-23(14)25(35-3)24(21)34-2)26(32)29-19-13-18(27)16-8-5-4-7-15(16)17(19)9-6-10-22(30)31/h4-5,7-8,11-13,28H,6,9-10,27H2,1-3H3,(H,29,32)(H,30,31). The quantitative estimate of drug-likeness (QED) is 0.259. The average molecular weight is 478 g/mol. The molecule has 3 aromatic carbocycles. The van der Waals surface area contributed by atoms with Crippen molar-refractivity contribution in [2.24, 2.45) is 0 Å². The first kappa shape index (κ1) is 23.7. The Hall–Kier alpha value is -4.40. The lowest BCUT2D eigenvalue weighted by Crippen LogP contribution is -2.14. The second-order valence-electron chi connectivity index (χ2n) is 8.03. The van der Waals surface area contributed by atoms with Gasteiger partial charge >= 0.3 is 5.97 Å². The number of carbonyl (C=O) groups is 2. The molecule has 4 rings (SSSR count). The van der Waals surface area contributed by atoms with Crippen LogP contribution >= 0.6 is 0 Å². The van der Waals surface area contributed by atoms with Crippen LogP contribution in [0.4, 0.5) is 11.4 Å². The van der Waals surface area contributed by atoms with Crippen LogP contribution in [0.1, 0.15) is 28.9 Å². The average Bonchev–Trinajstić information content (AvgIpc) is 3.28. The summed E-state index contributed by atoms with van der Waals surface area (Å²) < 4.78 is 16.3. The van der Waals surface area contributed by atoms with Crippen molar-refractivity contribution >= 4 is 44.9 Å². The second kappa shape index (κ2) is 9.84. The highest BCUT2D eigenvalue weighted by Crippen LogP contribution is 2.43. The molecule has 0 atom stereocenters. The number of rotatable bonds is 9. The molecule has 1 heterocycles. The number of hydrogen-bond donors (Lipinski definition) is 4. The zero-order chi connectivity index (χ0) is 25.1. The van der Waals surface area contributed by atoms with Crippen LogP contribution in [0.25, 0.3) is 21.7 Å². The maximum atomic E-state index is 13.3. The van der Waals surface area contributed by atoms with Gasteiger partial charge in [-0.3, -0.25) is 9.59 Å². The van der Waals surface area contributed by atoms with Gasteiger partial charge < -0.3 is 35.4 Å². The number of nitrogens with two attached hydrogens (primary N) is 1. The minimum atomic E-state index is -0.867. The van der Waals surface area contributed by atoms with Crippen molar-refractivity contribution in [1.29, 1.82) is 0 Å². The van der Waals surface area contributed by atoms with Crippen molar-refractivity contribution in [3.63, 3.8) is 0 Å². The molecule has 1 amide bonds. The van der Waals surface area contributed by atoms with Gasteiger partial charge in [0.05, 0.1) is 26.8 Å². The molecule has 0 aliphatic rings. The number of fused-ring (bicyclic) bond motifs is 2. The number of carboxylic acid groups (broad SMARTS) is 1. The van der Waals surface area contributed by atoms with Gasteiger partial charge in [0.2, 0.25) is 5.75 Å². The second-order valence-corrected chi connectivity index (χ2v) is 8.03. The Kier molecular flexibility index (Phi) is 6.68. The highest BCUT2D eigenvalue weighted by atomic mass is 16.5. The zero-order valence-corrected chi connectivity index (χ0v) is 19.7. The SMILES string of the molecule is COc1cc2cc(C(=O)Nc3cc(N)c4ccccc4c3CCCC(=O)O)[nH]c2c(OC)c1OC. The van der Waals surface area contributed by atoms with E-state index in [0.29, 0.717) is 58.1 Å². The van der Waals surface area contributed by atoms with Crippen LogP contribution in [0.5, 0.6) is 17.2 Å². The highest BCUT2D eigenvalue weighted by molar-refractivity contribution is 6.09. The Labute approximate surface area is 201 Å². The molecule has 9 heteroatoms. The van der Waals surface area contributed by atoms with Crippen molar-refractivity contribution in [2.45, 2.75) is 19.3 Å². The predicted molar refractivity (Wildman–Crippen MR) is 135 cm³/mol. The first-order valence-corrected chi connectivity index (χ1v) is 11.0. The maximum Gasteiger partial charge on any atom is 0.303 e. The Morgan fingerprint density at radius 2 is 1.71 bits per heavy atom. The number of aromatic amines is 1. The molecule has 0 aliphatic heterocycles. The number of aromatic nitrogens is 1. The van der Waals surface area contributed by atoms with E-state index < -0.39 is 5.97 Å². The van der Waals surface area contributed by atoms with Crippen LogP contribution in [0, 0.1) is 0 Å². The third kappa shape index (κ3) is 4.52. The van der Waals surface area contributed by atoms with Crippen LogP contribution in [-0.2, 0) is 11.2 Å². The van der Waals surface area contributed by atoms with Crippen LogP contribution in [-0.4, -0.2) is 43.3 Å². The molecule has 5 N–H and O–H groups in total. The van der Waals surface area contributed by atoms with Crippen molar-refractivity contribution in [3.8, 4) is 17.2 Å². The molecular weight excluding hydrogens is 450 g/mol. The molecule has 0 saturated heterocycles. The van der Waals surface area contributed by atoms with E-state index in [1.54, 1.807) is 18.2 Å². The number of hydrogen-bond acceptors (Lipinski definition) is 6. The van der Waals surface area contributed by atoms with Gasteiger partial charge in [0.25, 0.3) is 5.91 Å². The van der Waals surface area contributed by atoms with Crippen LogP contribution in [0.3, 0.4) is 0 Å². The Balaban J connectivity index is 1.74. The zero-order valence-electron chi connectivity index (χ0n) is 19.7. The molecule has 4 aromatic rings. The molecule has 0 saturated carbocycles. The smallest absolute Gasteiger partial charge is 0.303 e. The highest BCUT2D eigenvalue weighted by Gasteiger charge is 2.21. The maximum absolute atomic E-state index is 13.3. The number of carbonyl (C=O) groups excluding carboxylic acids is 1. The monoisotopic (exact) mass is 477 g/mol. The summed E-state index contributed by atoms with van der Waals surface area (Å²) in [5.41, 5.74) is 9.07. The number of carboxylic acids is 1. The fourth-order valence-electron chi connectivity index (χ4n) is 4.32. The lowest BCUT2D eigenvalue weighted by atomic mass is 9.96. The van der Waals surface area contributed by atoms with Gasteiger partial charge in [-0.15, -0.1) is 0 Å². The summed E-state index contributed by atoms with van der Waals surface area (Å²) in [7, 11) is 4.55. The molecule has 0 fully saturated rings. The normalized spacial score (nSPS) is 10.9.